The van der Waals surface area contributed by atoms with Gasteiger partial charge < -0.3 is 0 Å². The number of aromatic nitrogens is 1. The molecule has 0 atom stereocenters. The van der Waals surface area contributed by atoms with Gasteiger partial charge in [0.05, 0.1) is 11.3 Å². The van der Waals surface area contributed by atoms with Crippen LogP contribution < -0.4 is 0 Å². The smallest absolute Gasteiger partial charge is 0.256 e. The molecular weight excluding hydrogens is 455 g/mol. The molecule has 0 saturated heterocycles. The molecule has 0 amide bonds. The summed E-state index contributed by atoms with van der Waals surface area (Å²) >= 11 is 0. The second-order valence-electron chi connectivity index (χ2n) is 9.37. The summed E-state index contributed by atoms with van der Waals surface area (Å²) in [6, 6.07) is 28.4. The van der Waals surface area contributed by atoms with Crippen LogP contribution in [0.3, 0.4) is 0 Å². The Hall–Kier alpha value is -4.18. The zero-order valence-electron chi connectivity index (χ0n) is 19.8. The Morgan fingerprint density at radius 1 is 0.528 bits per heavy atom. The van der Waals surface area contributed by atoms with Crippen LogP contribution in [0.4, 0.5) is 13.2 Å². The molecule has 0 N–H and O–H groups in total. The maximum Gasteiger partial charge on any atom is 0.416 e. The number of fused-ring (bicyclic) bond motifs is 5. The third-order valence-corrected chi connectivity index (χ3v) is 6.80. The summed E-state index contributed by atoms with van der Waals surface area (Å²) in [6.45, 7) is 4.20. The van der Waals surface area contributed by atoms with E-state index in [4.69, 9.17) is 4.98 Å². The van der Waals surface area contributed by atoms with Crippen molar-refractivity contribution >= 4 is 32.3 Å². The van der Waals surface area contributed by atoms with E-state index < -0.39 is 11.7 Å². The Morgan fingerprint density at radius 3 is 1.83 bits per heavy atom. The van der Waals surface area contributed by atoms with Gasteiger partial charge in [0, 0.05) is 17.1 Å². The van der Waals surface area contributed by atoms with Crippen molar-refractivity contribution in [2.45, 2.75) is 20.0 Å². The van der Waals surface area contributed by atoms with Gasteiger partial charge in [-0.2, -0.15) is 13.2 Å². The first kappa shape index (κ1) is 22.3. The minimum atomic E-state index is -4.34. The average Bonchev–Trinajstić information content (AvgIpc) is 2.86. The van der Waals surface area contributed by atoms with Gasteiger partial charge in [-0.25, -0.2) is 0 Å². The lowest BCUT2D eigenvalue weighted by Crippen LogP contribution is -2.03. The second kappa shape index (κ2) is 8.20. The van der Waals surface area contributed by atoms with Crippen LogP contribution in [0.2, 0.25) is 0 Å². The van der Waals surface area contributed by atoms with Gasteiger partial charge in [0.15, 0.2) is 0 Å². The van der Waals surface area contributed by atoms with Gasteiger partial charge in [-0.05, 0) is 88.3 Å². The molecule has 1 heterocycles. The van der Waals surface area contributed by atoms with Crippen molar-refractivity contribution in [3.63, 3.8) is 0 Å². The van der Waals surface area contributed by atoms with E-state index in [0.717, 1.165) is 66.8 Å². The first-order chi connectivity index (χ1) is 17.3. The molecule has 0 aliphatic rings. The van der Waals surface area contributed by atoms with Crippen molar-refractivity contribution in [1.29, 1.82) is 0 Å². The van der Waals surface area contributed by atoms with E-state index in [2.05, 4.69) is 68.4 Å². The van der Waals surface area contributed by atoms with Crippen LogP contribution in [0.1, 0.15) is 16.7 Å². The maximum absolute atomic E-state index is 12.9. The number of hydrogen-bond acceptors (Lipinski definition) is 1. The van der Waals surface area contributed by atoms with Gasteiger partial charge in [-0.15, -0.1) is 0 Å². The number of benzene rings is 5. The van der Waals surface area contributed by atoms with Crippen LogP contribution in [0.25, 0.3) is 54.7 Å². The summed E-state index contributed by atoms with van der Waals surface area (Å²) in [5, 5.41) is 6.69. The van der Waals surface area contributed by atoms with Crippen LogP contribution in [-0.4, -0.2) is 4.98 Å². The number of alkyl halides is 3. The lowest BCUT2D eigenvalue weighted by atomic mass is 9.93. The standard InChI is InChI=1S/C32H22F3N/c1-19-15-20(2)17-24(16-19)31-30-12-11-27-26-9-5-22(21-3-7-25(8-4-21)32(33,34)35)18-23(26)6-10-28(27)29(30)13-14-36-31/h3-18H,1-2H3. The fourth-order valence-corrected chi connectivity index (χ4v) is 5.18. The SMILES string of the molecule is Cc1cc(C)cc(-c2nccc3c2ccc2c4ccc(-c5ccc(C(F)(F)F)cc5)cc4ccc32)c1. The molecule has 1 aromatic heterocycles. The Labute approximate surface area is 206 Å². The highest BCUT2D eigenvalue weighted by molar-refractivity contribution is 6.19. The second-order valence-corrected chi connectivity index (χ2v) is 9.37. The Bertz CT molecular complexity index is 1760. The van der Waals surface area contributed by atoms with Gasteiger partial charge in [0.1, 0.15) is 0 Å². The van der Waals surface area contributed by atoms with Gasteiger partial charge in [-0.3, -0.25) is 4.98 Å². The molecule has 0 bridgehead atoms. The number of halogens is 3. The zero-order valence-corrected chi connectivity index (χ0v) is 19.8. The monoisotopic (exact) mass is 477 g/mol. The number of pyridine rings is 1. The lowest BCUT2D eigenvalue weighted by molar-refractivity contribution is -0.137. The molecule has 0 aliphatic carbocycles. The number of nitrogens with zero attached hydrogens (tertiary/aromatic N) is 1. The lowest BCUT2D eigenvalue weighted by Gasteiger charge is -2.12. The van der Waals surface area contributed by atoms with Gasteiger partial charge in [0.2, 0.25) is 0 Å². The van der Waals surface area contributed by atoms with Gasteiger partial charge in [-0.1, -0.05) is 65.7 Å². The molecule has 0 spiro atoms. The quantitative estimate of drug-likeness (QED) is 0.226. The number of aryl methyl sites for hydroxylation is 2. The first-order valence-corrected chi connectivity index (χ1v) is 11.8. The Balaban J connectivity index is 1.48. The maximum atomic E-state index is 12.9. The number of hydrogen-bond donors (Lipinski definition) is 0. The van der Waals surface area contributed by atoms with E-state index >= 15 is 0 Å². The van der Waals surface area contributed by atoms with Gasteiger partial charge >= 0.3 is 6.18 Å². The molecule has 36 heavy (non-hydrogen) atoms. The normalized spacial score (nSPS) is 12.0. The molecule has 1 nitrogen and oxygen atoms in total. The summed E-state index contributed by atoms with van der Waals surface area (Å²) in [7, 11) is 0. The summed E-state index contributed by atoms with van der Waals surface area (Å²) in [5.74, 6) is 0. The fourth-order valence-electron chi connectivity index (χ4n) is 5.18. The zero-order chi connectivity index (χ0) is 25.0. The Kier molecular flexibility index (Phi) is 5.08. The third kappa shape index (κ3) is 3.79. The molecule has 5 aromatic carbocycles. The van der Waals surface area contributed by atoms with Crippen molar-refractivity contribution in [2.24, 2.45) is 0 Å². The fraction of sp³-hybridized carbons (Fsp3) is 0.0938. The highest BCUT2D eigenvalue weighted by Crippen LogP contribution is 2.37. The van der Waals surface area contributed by atoms with Crippen LogP contribution in [0.15, 0.2) is 97.2 Å². The van der Waals surface area contributed by atoms with E-state index in [1.54, 1.807) is 0 Å². The molecule has 0 fully saturated rings. The molecule has 0 saturated carbocycles. The van der Waals surface area contributed by atoms with Crippen molar-refractivity contribution < 1.29 is 13.2 Å². The third-order valence-electron chi connectivity index (χ3n) is 6.80. The summed E-state index contributed by atoms with van der Waals surface area (Å²) in [5.41, 5.74) is 5.50. The first-order valence-electron chi connectivity index (χ1n) is 11.8. The highest BCUT2D eigenvalue weighted by Gasteiger charge is 2.30. The minimum Gasteiger partial charge on any atom is -0.256 e. The van der Waals surface area contributed by atoms with E-state index in [1.807, 2.05) is 18.3 Å². The van der Waals surface area contributed by atoms with E-state index in [9.17, 15) is 13.2 Å². The predicted octanol–water partition coefficient (Wildman–Crippen LogP) is 9.51. The molecule has 0 unspecified atom stereocenters. The predicted molar refractivity (Wildman–Crippen MR) is 142 cm³/mol. The molecule has 0 aliphatic heterocycles. The van der Waals surface area contributed by atoms with Crippen molar-refractivity contribution in [3.8, 4) is 22.4 Å². The summed E-state index contributed by atoms with van der Waals surface area (Å²) in [6.07, 6.45) is -2.47. The summed E-state index contributed by atoms with van der Waals surface area (Å²) in [4.78, 5) is 4.72. The Morgan fingerprint density at radius 2 is 1.11 bits per heavy atom. The topological polar surface area (TPSA) is 12.9 Å². The van der Waals surface area contributed by atoms with E-state index in [-0.39, 0.29) is 0 Å². The van der Waals surface area contributed by atoms with Crippen LogP contribution in [0.5, 0.6) is 0 Å². The van der Waals surface area contributed by atoms with E-state index in [0.29, 0.717) is 0 Å². The highest BCUT2D eigenvalue weighted by atomic mass is 19.4. The number of rotatable bonds is 2. The molecule has 4 heteroatoms. The van der Waals surface area contributed by atoms with Crippen molar-refractivity contribution in [2.75, 3.05) is 0 Å². The van der Waals surface area contributed by atoms with Crippen LogP contribution >= 0.6 is 0 Å². The van der Waals surface area contributed by atoms with Crippen LogP contribution in [0, 0.1) is 13.8 Å². The van der Waals surface area contributed by atoms with Crippen LogP contribution in [-0.2, 0) is 6.18 Å². The molecule has 6 rings (SSSR count). The molecular formula is C32H22F3N. The molecule has 176 valence electrons. The summed E-state index contributed by atoms with van der Waals surface area (Å²) < 4.78 is 38.8. The molecule has 0 radical (unpaired) electrons. The van der Waals surface area contributed by atoms with Crippen molar-refractivity contribution in [1.82, 2.24) is 4.98 Å². The van der Waals surface area contributed by atoms with Crippen molar-refractivity contribution in [3.05, 3.63) is 114 Å². The minimum absolute atomic E-state index is 0.639. The largest absolute Gasteiger partial charge is 0.416 e. The molecule has 6 aromatic rings. The average molecular weight is 478 g/mol. The van der Waals surface area contributed by atoms with Gasteiger partial charge in [0.25, 0.3) is 0 Å². The van der Waals surface area contributed by atoms with E-state index in [1.165, 1.54) is 23.3 Å².